The minimum Gasteiger partial charge on any atom is -0.493 e. The summed E-state index contributed by atoms with van der Waals surface area (Å²) in [5.41, 5.74) is 0.418. The molecule has 0 spiro atoms. The Labute approximate surface area is 91.3 Å². The zero-order chi connectivity index (χ0) is 11.7. The Bertz CT molecular complexity index is 418. The molecule has 0 amide bonds. The molecule has 0 aliphatic carbocycles. The van der Waals surface area contributed by atoms with Crippen LogP contribution in [0.3, 0.4) is 0 Å². The van der Waals surface area contributed by atoms with E-state index in [4.69, 9.17) is 9.84 Å². The Morgan fingerprint density at radius 2 is 2.31 bits per heavy atom. The lowest BCUT2D eigenvalue weighted by atomic mass is 9.88. The van der Waals surface area contributed by atoms with Crippen LogP contribution < -0.4 is 4.74 Å². The summed E-state index contributed by atoms with van der Waals surface area (Å²) in [6.45, 7) is 0.327. The SMILES string of the molecule is O=C(O)C(O)C1CCOc2ccc(F)cc21. The lowest BCUT2D eigenvalue weighted by Crippen LogP contribution is -2.31. The summed E-state index contributed by atoms with van der Waals surface area (Å²) in [5.74, 6) is -1.94. The van der Waals surface area contributed by atoms with Crippen LogP contribution in [-0.2, 0) is 4.79 Å². The molecule has 0 fully saturated rings. The van der Waals surface area contributed by atoms with Gasteiger partial charge in [-0.3, -0.25) is 0 Å². The van der Waals surface area contributed by atoms with E-state index in [0.717, 1.165) is 0 Å². The van der Waals surface area contributed by atoms with Crippen molar-refractivity contribution in [2.45, 2.75) is 18.4 Å². The lowest BCUT2D eigenvalue weighted by molar-refractivity contribution is -0.148. The number of aliphatic carboxylic acids is 1. The van der Waals surface area contributed by atoms with Gasteiger partial charge in [-0.05, 0) is 24.6 Å². The van der Waals surface area contributed by atoms with E-state index in [-0.39, 0.29) is 0 Å². The summed E-state index contributed by atoms with van der Waals surface area (Å²) < 4.78 is 18.3. The highest BCUT2D eigenvalue weighted by atomic mass is 19.1. The molecule has 2 atom stereocenters. The number of halogens is 1. The van der Waals surface area contributed by atoms with Crippen LogP contribution >= 0.6 is 0 Å². The lowest BCUT2D eigenvalue weighted by Gasteiger charge is -2.27. The number of rotatable bonds is 2. The van der Waals surface area contributed by atoms with Gasteiger partial charge in [-0.2, -0.15) is 0 Å². The average Bonchev–Trinajstić information content (AvgIpc) is 2.27. The van der Waals surface area contributed by atoms with Gasteiger partial charge in [-0.15, -0.1) is 0 Å². The van der Waals surface area contributed by atoms with Crippen molar-refractivity contribution in [1.29, 1.82) is 0 Å². The molecule has 0 saturated carbocycles. The number of carboxylic acids is 1. The average molecular weight is 226 g/mol. The zero-order valence-corrected chi connectivity index (χ0v) is 8.39. The first-order valence-corrected chi connectivity index (χ1v) is 4.92. The van der Waals surface area contributed by atoms with Crippen LogP contribution in [0.1, 0.15) is 17.9 Å². The molecule has 2 rings (SSSR count). The van der Waals surface area contributed by atoms with Gasteiger partial charge in [-0.1, -0.05) is 0 Å². The predicted molar refractivity (Wildman–Crippen MR) is 52.9 cm³/mol. The molecule has 5 heteroatoms. The fraction of sp³-hybridized carbons (Fsp3) is 0.364. The van der Waals surface area contributed by atoms with Gasteiger partial charge in [0.05, 0.1) is 6.61 Å². The normalized spacial score (nSPS) is 20.8. The Hall–Kier alpha value is -1.62. The molecule has 1 aliphatic rings. The van der Waals surface area contributed by atoms with Gasteiger partial charge >= 0.3 is 5.97 Å². The minimum atomic E-state index is -1.52. The van der Waals surface area contributed by atoms with Crippen molar-refractivity contribution < 1.29 is 24.1 Å². The summed E-state index contributed by atoms with van der Waals surface area (Å²) in [6, 6.07) is 3.91. The number of benzene rings is 1. The Balaban J connectivity index is 2.38. The molecule has 0 bridgehead atoms. The quantitative estimate of drug-likeness (QED) is 0.793. The van der Waals surface area contributed by atoms with Crippen molar-refractivity contribution in [3.8, 4) is 5.75 Å². The molecule has 2 N–H and O–H groups in total. The first-order valence-electron chi connectivity index (χ1n) is 4.92. The smallest absolute Gasteiger partial charge is 0.333 e. The molecular formula is C11H11FO4. The highest BCUT2D eigenvalue weighted by molar-refractivity contribution is 5.73. The Morgan fingerprint density at radius 1 is 1.56 bits per heavy atom. The third kappa shape index (κ3) is 1.86. The van der Waals surface area contributed by atoms with Gasteiger partial charge in [0.2, 0.25) is 0 Å². The molecular weight excluding hydrogens is 215 g/mol. The van der Waals surface area contributed by atoms with Crippen molar-refractivity contribution in [2.75, 3.05) is 6.61 Å². The second kappa shape index (κ2) is 4.09. The highest BCUT2D eigenvalue weighted by Gasteiger charge is 2.32. The number of aliphatic hydroxyl groups is 1. The van der Waals surface area contributed by atoms with Gasteiger partial charge < -0.3 is 14.9 Å². The monoisotopic (exact) mass is 226 g/mol. The van der Waals surface area contributed by atoms with E-state index in [2.05, 4.69) is 0 Å². The molecule has 1 aliphatic heterocycles. The number of carboxylic acid groups (broad SMARTS) is 1. The summed E-state index contributed by atoms with van der Waals surface area (Å²) in [4.78, 5) is 10.7. The number of hydrogen-bond donors (Lipinski definition) is 2. The Morgan fingerprint density at radius 3 is 3.00 bits per heavy atom. The molecule has 0 radical (unpaired) electrons. The van der Waals surface area contributed by atoms with E-state index in [1.807, 2.05) is 0 Å². The van der Waals surface area contributed by atoms with Crippen molar-refractivity contribution >= 4 is 5.97 Å². The number of hydrogen-bond acceptors (Lipinski definition) is 3. The maximum atomic E-state index is 13.0. The number of ether oxygens (including phenoxy) is 1. The standard InChI is InChI=1S/C11H11FO4/c12-6-1-2-9-8(5-6)7(3-4-16-9)10(13)11(14)15/h1-2,5,7,10,13H,3-4H2,(H,14,15). The molecule has 16 heavy (non-hydrogen) atoms. The molecule has 1 aromatic rings. The number of carbonyl (C=O) groups is 1. The van der Waals surface area contributed by atoms with Crippen molar-refractivity contribution in [2.24, 2.45) is 0 Å². The van der Waals surface area contributed by atoms with E-state index in [1.54, 1.807) is 0 Å². The van der Waals surface area contributed by atoms with Crippen molar-refractivity contribution in [3.05, 3.63) is 29.6 Å². The van der Waals surface area contributed by atoms with Crippen LogP contribution in [0.15, 0.2) is 18.2 Å². The van der Waals surface area contributed by atoms with Gasteiger partial charge in [0.15, 0.2) is 6.10 Å². The fourth-order valence-electron chi connectivity index (χ4n) is 1.89. The molecule has 4 nitrogen and oxygen atoms in total. The van der Waals surface area contributed by atoms with Gasteiger partial charge in [-0.25, -0.2) is 9.18 Å². The van der Waals surface area contributed by atoms with Gasteiger partial charge in [0.25, 0.3) is 0 Å². The summed E-state index contributed by atoms with van der Waals surface area (Å²) >= 11 is 0. The minimum absolute atomic E-state index is 0.327. The van der Waals surface area contributed by atoms with E-state index >= 15 is 0 Å². The predicted octanol–water partition coefficient (Wildman–Crippen LogP) is 1.14. The molecule has 1 heterocycles. The van der Waals surface area contributed by atoms with Gasteiger partial charge in [0, 0.05) is 11.5 Å². The molecule has 0 aromatic heterocycles. The van der Waals surface area contributed by atoms with Crippen LogP contribution in [0.4, 0.5) is 4.39 Å². The largest absolute Gasteiger partial charge is 0.493 e. The van der Waals surface area contributed by atoms with Crippen LogP contribution in [0.5, 0.6) is 5.75 Å². The highest BCUT2D eigenvalue weighted by Crippen LogP contribution is 2.36. The van der Waals surface area contributed by atoms with E-state index in [1.165, 1.54) is 18.2 Å². The number of fused-ring (bicyclic) bond motifs is 1. The fourth-order valence-corrected chi connectivity index (χ4v) is 1.89. The van der Waals surface area contributed by atoms with Crippen LogP contribution in [0.25, 0.3) is 0 Å². The zero-order valence-electron chi connectivity index (χ0n) is 8.39. The van der Waals surface area contributed by atoms with Crippen LogP contribution in [0.2, 0.25) is 0 Å². The second-order valence-electron chi connectivity index (χ2n) is 3.71. The van der Waals surface area contributed by atoms with E-state index in [9.17, 15) is 14.3 Å². The Kier molecular flexibility index (Phi) is 2.78. The van der Waals surface area contributed by atoms with E-state index < -0.39 is 23.8 Å². The third-order valence-corrected chi connectivity index (χ3v) is 2.69. The summed E-state index contributed by atoms with van der Waals surface area (Å²) in [5, 5.41) is 18.3. The van der Waals surface area contributed by atoms with Crippen molar-refractivity contribution in [3.63, 3.8) is 0 Å². The first kappa shape index (κ1) is 10.9. The summed E-state index contributed by atoms with van der Waals surface area (Å²) in [6.07, 6.45) is -1.16. The van der Waals surface area contributed by atoms with Crippen LogP contribution in [-0.4, -0.2) is 28.9 Å². The van der Waals surface area contributed by atoms with Gasteiger partial charge in [0.1, 0.15) is 11.6 Å². The van der Waals surface area contributed by atoms with E-state index in [0.29, 0.717) is 24.3 Å². The van der Waals surface area contributed by atoms with Crippen LogP contribution in [0, 0.1) is 5.82 Å². The third-order valence-electron chi connectivity index (χ3n) is 2.69. The second-order valence-corrected chi connectivity index (χ2v) is 3.71. The molecule has 2 unspecified atom stereocenters. The maximum Gasteiger partial charge on any atom is 0.333 e. The topological polar surface area (TPSA) is 66.8 Å². The van der Waals surface area contributed by atoms with Crippen molar-refractivity contribution in [1.82, 2.24) is 0 Å². The molecule has 1 aromatic carbocycles. The number of aliphatic hydroxyl groups excluding tert-OH is 1. The maximum absolute atomic E-state index is 13.0. The summed E-state index contributed by atoms with van der Waals surface area (Å²) in [7, 11) is 0. The molecule has 86 valence electrons. The molecule has 0 saturated heterocycles. The first-order chi connectivity index (χ1) is 7.59.